The van der Waals surface area contributed by atoms with Crippen molar-refractivity contribution in [2.75, 3.05) is 19.8 Å². The van der Waals surface area contributed by atoms with E-state index >= 15 is 0 Å². The molecular weight excluding hydrogens is 314 g/mol. The number of hydrogen-bond donors (Lipinski definition) is 0. The lowest BCUT2D eigenvalue weighted by Crippen LogP contribution is -2.32. The number of imidazole rings is 1. The highest BCUT2D eigenvalue weighted by Crippen LogP contribution is 2.27. The van der Waals surface area contributed by atoms with Crippen LogP contribution in [0.3, 0.4) is 0 Å². The van der Waals surface area contributed by atoms with Gasteiger partial charge in [-0.1, -0.05) is 12.1 Å². The fourth-order valence-electron chi connectivity index (χ4n) is 3.70. The molecule has 2 aromatic heterocycles. The first-order valence-corrected chi connectivity index (χ1v) is 9.08. The second-order valence-electron chi connectivity index (χ2n) is 6.68. The van der Waals surface area contributed by atoms with Gasteiger partial charge in [0.15, 0.2) is 11.6 Å². The van der Waals surface area contributed by atoms with Crippen molar-refractivity contribution in [3.05, 3.63) is 42.2 Å². The molecule has 0 saturated carbocycles. The quantitative estimate of drug-likeness (QED) is 0.684. The number of furan rings is 1. The predicted molar refractivity (Wildman–Crippen MR) is 98.3 cm³/mol. The molecule has 0 bridgehead atoms. The van der Waals surface area contributed by atoms with E-state index in [4.69, 9.17) is 14.1 Å². The number of ether oxygens (including phenoxy) is 1. The van der Waals surface area contributed by atoms with Crippen LogP contribution in [0, 0.1) is 0 Å². The summed E-state index contributed by atoms with van der Waals surface area (Å²) in [6.45, 7) is 5.59. The highest BCUT2D eigenvalue weighted by Gasteiger charge is 2.25. The topological polar surface area (TPSA) is 43.4 Å². The third-order valence-electron chi connectivity index (χ3n) is 5.04. The molecule has 5 heteroatoms. The van der Waals surface area contributed by atoms with Crippen molar-refractivity contribution in [2.45, 2.75) is 32.4 Å². The summed E-state index contributed by atoms with van der Waals surface area (Å²) in [7, 11) is 2.03. The van der Waals surface area contributed by atoms with Crippen LogP contribution in [0.15, 0.2) is 40.8 Å². The van der Waals surface area contributed by atoms with Crippen LogP contribution in [0.1, 0.15) is 25.5 Å². The number of aromatic nitrogens is 2. The highest BCUT2D eigenvalue weighted by molar-refractivity contribution is 5.79. The third kappa shape index (κ3) is 3.22. The summed E-state index contributed by atoms with van der Waals surface area (Å²) in [5, 5.41) is 0. The summed E-state index contributed by atoms with van der Waals surface area (Å²) in [5.41, 5.74) is 2.11. The number of aryl methyl sites for hydroxylation is 1. The summed E-state index contributed by atoms with van der Waals surface area (Å²) >= 11 is 0. The van der Waals surface area contributed by atoms with E-state index in [-0.39, 0.29) is 0 Å². The van der Waals surface area contributed by atoms with E-state index in [1.54, 1.807) is 0 Å². The minimum atomic E-state index is 0.504. The van der Waals surface area contributed by atoms with Crippen LogP contribution in [0.2, 0.25) is 0 Å². The van der Waals surface area contributed by atoms with E-state index < -0.39 is 0 Å². The van der Waals surface area contributed by atoms with Gasteiger partial charge in [-0.25, -0.2) is 4.98 Å². The maximum Gasteiger partial charge on any atom is 0.176 e. The van der Waals surface area contributed by atoms with Crippen LogP contribution in [-0.4, -0.2) is 40.3 Å². The van der Waals surface area contributed by atoms with Crippen LogP contribution >= 0.6 is 0 Å². The summed E-state index contributed by atoms with van der Waals surface area (Å²) in [6.07, 6.45) is 2.44. The third-order valence-corrected chi connectivity index (χ3v) is 5.04. The second-order valence-corrected chi connectivity index (χ2v) is 6.68. The Morgan fingerprint density at radius 3 is 2.96 bits per heavy atom. The number of likely N-dealkylation sites (tertiary alicyclic amines) is 1. The van der Waals surface area contributed by atoms with Crippen molar-refractivity contribution in [1.29, 1.82) is 0 Å². The van der Waals surface area contributed by atoms with Crippen molar-refractivity contribution in [2.24, 2.45) is 7.05 Å². The lowest BCUT2D eigenvalue weighted by molar-refractivity contribution is 0.0796. The van der Waals surface area contributed by atoms with Crippen LogP contribution in [-0.2, 0) is 18.3 Å². The van der Waals surface area contributed by atoms with Gasteiger partial charge < -0.3 is 13.7 Å². The first kappa shape index (κ1) is 16.4. The number of fused-ring (bicyclic) bond motifs is 1. The minimum Gasteiger partial charge on any atom is -0.456 e. The Labute approximate surface area is 148 Å². The fourth-order valence-corrected chi connectivity index (χ4v) is 3.70. The smallest absolute Gasteiger partial charge is 0.176 e. The fraction of sp³-hybridized carbons (Fsp3) is 0.450. The van der Waals surface area contributed by atoms with Gasteiger partial charge in [-0.3, -0.25) is 4.90 Å². The van der Waals surface area contributed by atoms with E-state index in [2.05, 4.69) is 28.5 Å². The summed E-state index contributed by atoms with van der Waals surface area (Å²) < 4.78 is 13.8. The Balaban J connectivity index is 1.52. The molecule has 0 unspecified atom stereocenters. The van der Waals surface area contributed by atoms with E-state index in [0.717, 1.165) is 54.7 Å². The van der Waals surface area contributed by atoms with Crippen LogP contribution < -0.4 is 0 Å². The van der Waals surface area contributed by atoms with Crippen LogP contribution in [0.25, 0.3) is 22.6 Å². The predicted octanol–water partition coefficient (Wildman–Crippen LogP) is 3.83. The van der Waals surface area contributed by atoms with E-state index in [1.165, 1.54) is 12.8 Å². The SMILES string of the molecule is CCOC[C@H]1CCCN1Cc1ccc(-c2nc3ccccc3n2C)o1. The number of para-hydroxylation sites is 2. The van der Waals surface area contributed by atoms with Gasteiger partial charge in [0.2, 0.25) is 0 Å². The van der Waals surface area contributed by atoms with Crippen molar-refractivity contribution in [3.63, 3.8) is 0 Å². The van der Waals surface area contributed by atoms with Crippen molar-refractivity contribution in [3.8, 4) is 11.6 Å². The lowest BCUT2D eigenvalue weighted by atomic mass is 10.2. The highest BCUT2D eigenvalue weighted by atomic mass is 16.5. The molecule has 0 amide bonds. The molecule has 132 valence electrons. The first-order chi connectivity index (χ1) is 12.3. The average molecular weight is 339 g/mol. The van der Waals surface area contributed by atoms with Gasteiger partial charge in [0, 0.05) is 19.7 Å². The van der Waals surface area contributed by atoms with Gasteiger partial charge in [0.1, 0.15) is 5.76 Å². The van der Waals surface area contributed by atoms with Gasteiger partial charge in [-0.15, -0.1) is 0 Å². The molecule has 1 aliphatic rings. The zero-order chi connectivity index (χ0) is 17.2. The average Bonchev–Trinajstić information content (AvgIpc) is 3.34. The Morgan fingerprint density at radius 1 is 1.24 bits per heavy atom. The summed E-state index contributed by atoms with van der Waals surface area (Å²) in [5.74, 6) is 2.69. The molecule has 1 saturated heterocycles. The molecule has 1 atom stereocenters. The minimum absolute atomic E-state index is 0.504. The number of rotatable bonds is 6. The standard InChI is InChI=1S/C20H25N3O2/c1-3-24-14-15-7-6-12-23(15)13-16-10-11-19(25-16)20-21-17-8-4-5-9-18(17)22(20)2/h4-5,8-11,15H,3,6-7,12-14H2,1-2H3/t15-/m1/s1. The first-order valence-electron chi connectivity index (χ1n) is 9.08. The Morgan fingerprint density at radius 2 is 2.12 bits per heavy atom. The van der Waals surface area contributed by atoms with Gasteiger partial charge >= 0.3 is 0 Å². The van der Waals surface area contributed by atoms with Gasteiger partial charge in [0.05, 0.1) is 24.2 Å². The molecule has 1 aliphatic heterocycles. The molecule has 0 spiro atoms. The zero-order valence-electron chi connectivity index (χ0n) is 14.9. The van der Waals surface area contributed by atoms with Gasteiger partial charge in [-0.05, 0) is 50.6 Å². The molecule has 1 aromatic carbocycles. The molecule has 0 aliphatic carbocycles. The van der Waals surface area contributed by atoms with Crippen molar-refractivity contribution >= 4 is 11.0 Å². The molecule has 4 rings (SSSR count). The van der Waals surface area contributed by atoms with E-state index in [0.29, 0.717) is 6.04 Å². The maximum absolute atomic E-state index is 6.13. The molecule has 25 heavy (non-hydrogen) atoms. The van der Waals surface area contributed by atoms with Crippen molar-refractivity contribution in [1.82, 2.24) is 14.5 Å². The normalized spacial score (nSPS) is 18.4. The van der Waals surface area contributed by atoms with Gasteiger partial charge in [-0.2, -0.15) is 0 Å². The van der Waals surface area contributed by atoms with E-state index in [1.807, 2.05) is 31.3 Å². The molecule has 3 aromatic rings. The van der Waals surface area contributed by atoms with E-state index in [9.17, 15) is 0 Å². The second kappa shape index (κ2) is 7.02. The summed E-state index contributed by atoms with van der Waals surface area (Å²) in [6, 6.07) is 12.8. The Bertz CT molecular complexity index is 852. The lowest BCUT2D eigenvalue weighted by Gasteiger charge is -2.23. The number of nitrogens with zero attached hydrogens (tertiary/aromatic N) is 3. The molecule has 5 nitrogen and oxygen atoms in total. The van der Waals surface area contributed by atoms with Gasteiger partial charge in [0.25, 0.3) is 0 Å². The zero-order valence-corrected chi connectivity index (χ0v) is 14.9. The van der Waals surface area contributed by atoms with Crippen LogP contribution in [0.4, 0.5) is 0 Å². The Kier molecular flexibility index (Phi) is 4.59. The Hall–Kier alpha value is -2.11. The number of benzene rings is 1. The maximum atomic E-state index is 6.13. The van der Waals surface area contributed by atoms with Crippen molar-refractivity contribution < 1.29 is 9.15 Å². The molecule has 0 N–H and O–H groups in total. The monoisotopic (exact) mass is 339 g/mol. The molecule has 0 radical (unpaired) electrons. The summed E-state index contributed by atoms with van der Waals surface area (Å²) in [4.78, 5) is 7.18. The molecule has 3 heterocycles. The number of hydrogen-bond acceptors (Lipinski definition) is 4. The largest absolute Gasteiger partial charge is 0.456 e. The molecular formula is C20H25N3O2. The van der Waals surface area contributed by atoms with Crippen LogP contribution in [0.5, 0.6) is 0 Å². The molecule has 1 fully saturated rings.